The summed E-state index contributed by atoms with van der Waals surface area (Å²) in [7, 11) is -0.414. The van der Waals surface area contributed by atoms with Gasteiger partial charge in [-0.25, -0.2) is 4.79 Å². The Morgan fingerprint density at radius 1 is 1.07 bits per heavy atom. The Bertz CT molecular complexity index is 630. The molecule has 1 amide bonds. The normalized spacial score (nSPS) is 20.3. The van der Waals surface area contributed by atoms with Crippen molar-refractivity contribution in [3.05, 3.63) is 35.9 Å². The summed E-state index contributed by atoms with van der Waals surface area (Å²) in [5.41, 5.74) is 2.44. The molecule has 2 rings (SSSR count). The number of amides is 1. The average Bonchev–Trinajstić information content (AvgIpc) is 2.72. The maximum Gasteiger partial charge on any atom is 0.410 e. The van der Waals surface area contributed by atoms with E-state index in [4.69, 9.17) is 18.6 Å². The summed E-state index contributed by atoms with van der Waals surface area (Å²) in [4.78, 5) is 14.3. The lowest BCUT2D eigenvalue weighted by Gasteiger charge is -2.44. The number of carbonyl (C=O) groups is 1. The van der Waals surface area contributed by atoms with E-state index in [9.17, 15) is 4.79 Å². The Labute approximate surface area is 183 Å². The Morgan fingerprint density at radius 3 is 2.20 bits per heavy atom. The molecule has 1 aliphatic rings. The zero-order chi connectivity index (χ0) is 22.3. The van der Waals surface area contributed by atoms with Gasteiger partial charge in [-0.3, -0.25) is 0 Å². The van der Waals surface area contributed by atoms with Crippen LogP contribution in [-0.4, -0.2) is 58.5 Å². The van der Waals surface area contributed by atoms with Gasteiger partial charge in [-0.2, -0.15) is 0 Å². The van der Waals surface area contributed by atoms with Crippen LogP contribution in [0.3, 0.4) is 0 Å². The third-order valence-corrected chi connectivity index (χ3v) is 12.2. The van der Waals surface area contributed by atoms with Crippen molar-refractivity contribution in [2.24, 2.45) is 0 Å². The van der Waals surface area contributed by atoms with Gasteiger partial charge in [0.2, 0.25) is 0 Å². The van der Waals surface area contributed by atoms with Crippen molar-refractivity contribution < 1.29 is 23.4 Å². The highest BCUT2D eigenvalue weighted by molar-refractivity contribution is 6.77. The van der Waals surface area contributed by atoms with Crippen LogP contribution in [0.1, 0.15) is 47.1 Å². The minimum atomic E-state index is -2.01. The summed E-state index contributed by atoms with van der Waals surface area (Å²) in [5, 5.41) is 0. The van der Waals surface area contributed by atoms with Crippen LogP contribution in [0.5, 0.6) is 0 Å². The molecule has 1 aromatic rings. The predicted molar refractivity (Wildman–Crippen MR) is 121 cm³/mol. The van der Waals surface area contributed by atoms with E-state index in [1.54, 1.807) is 12.0 Å². The van der Waals surface area contributed by atoms with E-state index in [2.05, 4.69) is 41.5 Å². The lowest BCUT2D eigenvalue weighted by Crippen LogP contribution is -2.55. The molecule has 0 bridgehead atoms. The van der Waals surface area contributed by atoms with E-state index in [-0.39, 0.29) is 18.8 Å². The van der Waals surface area contributed by atoms with Gasteiger partial charge in [-0.1, -0.05) is 71.9 Å². The Kier molecular flexibility index (Phi) is 9.34. The molecule has 0 radical (unpaired) electrons. The third kappa shape index (κ3) is 6.06. The van der Waals surface area contributed by atoms with Crippen LogP contribution in [0.25, 0.3) is 0 Å². The summed E-state index contributed by atoms with van der Waals surface area (Å²) < 4.78 is 23.7. The van der Waals surface area contributed by atoms with Gasteiger partial charge in [0.05, 0.1) is 19.7 Å². The Balaban J connectivity index is 2.01. The maximum atomic E-state index is 12.7. The third-order valence-electron chi connectivity index (χ3n) is 6.09. The quantitative estimate of drug-likeness (QED) is 0.498. The van der Waals surface area contributed by atoms with Gasteiger partial charge in [0, 0.05) is 7.11 Å². The SMILES string of the molecule is COC1CN(C(=O)OCc2ccccc2)CC(CO[Si](C(C)C)(C(C)C)C(C)C)O1. The second-order valence-electron chi connectivity index (χ2n) is 9.00. The number of rotatable bonds is 9. The molecule has 1 aromatic carbocycles. The van der Waals surface area contributed by atoms with Crippen molar-refractivity contribution in [3.8, 4) is 0 Å². The molecule has 1 saturated heterocycles. The van der Waals surface area contributed by atoms with Crippen LogP contribution in [0.15, 0.2) is 30.3 Å². The average molecular weight is 438 g/mol. The number of hydrogen-bond acceptors (Lipinski definition) is 5. The molecule has 6 nitrogen and oxygen atoms in total. The highest BCUT2D eigenvalue weighted by atomic mass is 28.4. The van der Waals surface area contributed by atoms with Gasteiger partial charge < -0.3 is 23.5 Å². The molecule has 2 atom stereocenters. The second-order valence-corrected chi connectivity index (χ2v) is 14.5. The van der Waals surface area contributed by atoms with Gasteiger partial charge in [0.25, 0.3) is 0 Å². The molecule has 2 unspecified atom stereocenters. The van der Waals surface area contributed by atoms with E-state index < -0.39 is 14.6 Å². The van der Waals surface area contributed by atoms with Crippen molar-refractivity contribution in [2.75, 3.05) is 26.8 Å². The molecule has 0 aromatic heterocycles. The van der Waals surface area contributed by atoms with E-state index in [1.807, 2.05) is 30.3 Å². The summed E-state index contributed by atoms with van der Waals surface area (Å²) in [6, 6.07) is 9.68. The zero-order valence-corrected chi connectivity index (χ0v) is 20.6. The first-order chi connectivity index (χ1) is 14.2. The molecule has 30 heavy (non-hydrogen) atoms. The van der Waals surface area contributed by atoms with Gasteiger partial charge in [-0.05, 0) is 22.2 Å². The monoisotopic (exact) mass is 437 g/mol. The summed E-state index contributed by atoms with van der Waals surface area (Å²) in [6.07, 6.45) is -1.07. The van der Waals surface area contributed by atoms with Gasteiger partial charge in [0.1, 0.15) is 12.7 Å². The fourth-order valence-electron chi connectivity index (χ4n) is 4.72. The number of benzene rings is 1. The van der Waals surface area contributed by atoms with Crippen LogP contribution in [0.4, 0.5) is 4.79 Å². The minimum Gasteiger partial charge on any atom is -0.445 e. The molecular formula is C23H39NO5Si. The van der Waals surface area contributed by atoms with Crippen LogP contribution in [0, 0.1) is 0 Å². The van der Waals surface area contributed by atoms with Crippen molar-refractivity contribution in [1.29, 1.82) is 0 Å². The number of carbonyl (C=O) groups excluding carboxylic acids is 1. The van der Waals surface area contributed by atoms with Crippen molar-refractivity contribution in [3.63, 3.8) is 0 Å². The van der Waals surface area contributed by atoms with Crippen molar-refractivity contribution in [1.82, 2.24) is 4.90 Å². The zero-order valence-electron chi connectivity index (χ0n) is 19.6. The van der Waals surface area contributed by atoms with E-state index >= 15 is 0 Å². The number of ether oxygens (including phenoxy) is 3. The number of nitrogens with zero attached hydrogens (tertiary/aromatic N) is 1. The second kappa shape index (κ2) is 11.3. The Hall–Kier alpha value is -1.41. The van der Waals surface area contributed by atoms with Crippen LogP contribution < -0.4 is 0 Å². The highest BCUT2D eigenvalue weighted by Gasteiger charge is 2.46. The van der Waals surface area contributed by atoms with E-state index in [0.29, 0.717) is 36.3 Å². The predicted octanol–water partition coefficient (Wildman–Crippen LogP) is 5.19. The van der Waals surface area contributed by atoms with Gasteiger partial charge in [-0.15, -0.1) is 0 Å². The largest absolute Gasteiger partial charge is 0.445 e. The van der Waals surface area contributed by atoms with E-state index in [0.717, 1.165) is 5.56 Å². The minimum absolute atomic E-state index is 0.240. The van der Waals surface area contributed by atoms with Crippen molar-refractivity contribution in [2.45, 2.75) is 77.2 Å². The highest BCUT2D eigenvalue weighted by Crippen LogP contribution is 2.42. The fraction of sp³-hybridized carbons (Fsp3) is 0.696. The number of methoxy groups -OCH3 is 1. The van der Waals surface area contributed by atoms with Crippen LogP contribution >= 0.6 is 0 Å². The van der Waals surface area contributed by atoms with E-state index in [1.165, 1.54) is 0 Å². The number of hydrogen-bond donors (Lipinski definition) is 0. The molecule has 0 N–H and O–H groups in total. The molecule has 0 saturated carbocycles. The molecule has 1 fully saturated rings. The van der Waals surface area contributed by atoms with Gasteiger partial charge >= 0.3 is 6.09 Å². The van der Waals surface area contributed by atoms with Crippen LogP contribution in [0.2, 0.25) is 16.6 Å². The van der Waals surface area contributed by atoms with Crippen molar-refractivity contribution >= 4 is 14.4 Å². The molecular weight excluding hydrogens is 398 g/mol. The lowest BCUT2D eigenvalue weighted by molar-refractivity contribution is -0.200. The Morgan fingerprint density at radius 2 is 1.67 bits per heavy atom. The summed E-state index contributed by atoms with van der Waals surface area (Å²) in [6.45, 7) is 15.1. The molecule has 7 heteroatoms. The lowest BCUT2D eigenvalue weighted by atomic mass is 10.2. The van der Waals surface area contributed by atoms with Gasteiger partial charge in [0.15, 0.2) is 14.6 Å². The molecule has 0 spiro atoms. The smallest absolute Gasteiger partial charge is 0.410 e. The standard InChI is InChI=1S/C23H39NO5Si/c1-17(2)30(18(3)4,19(5)6)28-16-21-13-24(14-22(26-7)29-21)23(25)27-15-20-11-9-8-10-12-20/h8-12,17-19,21-22H,13-16H2,1-7H3. The first kappa shape index (κ1) is 24.9. The first-order valence-corrected chi connectivity index (χ1v) is 13.1. The number of morpholine rings is 1. The molecule has 0 aliphatic carbocycles. The first-order valence-electron chi connectivity index (χ1n) is 11.0. The van der Waals surface area contributed by atoms with Crippen LogP contribution in [-0.2, 0) is 25.2 Å². The molecule has 1 aliphatic heterocycles. The topological polar surface area (TPSA) is 57.2 Å². The molecule has 1 heterocycles. The fourth-order valence-corrected chi connectivity index (χ4v) is 10.2. The molecule has 170 valence electrons. The maximum absolute atomic E-state index is 12.7. The summed E-state index contributed by atoms with van der Waals surface area (Å²) in [5.74, 6) is 0. The summed E-state index contributed by atoms with van der Waals surface area (Å²) >= 11 is 0.